The maximum Gasteiger partial charge on any atom is 0.307 e. The third kappa shape index (κ3) is 15.8. The summed E-state index contributed by atoms with van der Waals surface area (Å²) in [6.45, 7) is 13.5. The molecule has 0 unspecified atom stereocenters. The van der Waals surface area contributed by atoms with Crippen molar-refractivity contribution < 1.29 is 38.7 Å². The molecule has 9 heteroatoms. The minimum Gasteiger partial charge on any atom is -0.490 e. The van der Waals surface area contributed by atoms with Crippen molar-refractivity contribution in [1.82, 2.24) is 5.32 Å². The molecule has 0 aliphatic carbocycles. The number of aliphatic hydroxyl groups is 2. The van der Waals surface area contributed by atoms with E-state index >= 15 is 0 Å². The van der Waals surface area contributed by atoms with Crippen LogP contribution < -0.4 is 14.8 Å². The van der Waals surface area contributed by atoms with Crippen molar-refractivity contribution >= 4 is 11.9 Å². The zero-order valence-electron chi connectivity index (χ0n) is 26.9. The molecule has 0 fully saturated rings. The van der Waals surface area contributed by atoms with Crippen LogP contribution in [0.3, 0.4) is 0 Å². The zero-order chi connectivity index (χ0) is 32.1. The summed E-state index contributed by atoms with van der Waals surface area (Å²) in [6, 6.07) is 15.3. The molecule has 9 nitrogen and oxygen atoms in total. The van der Waals surface area contributed by atoms with Crippen LogP contribution in [0.2, 0.25) is 0 Å². The SMILES string of the molecule is CC(C)CCC(=O)OCCOc1ccc(C(C)(C)c2ccc(OCCOC(=O)CCNC(CO)CO)cc2)cc1.CCC. The summed E-state index contributed by atoms with van der Waals surface area (Å²) in [5, 5.41) is 20.9. The highest BCUT2D eigenvalue weighted by atomic mass is 16.6. The molecule has 0 heterocycles. The second-order valence-corrected chi connectivity index (χ2v) is 11.2. The Kier molecular flexibility index (Phi) is 19.0. The van der Waals surface area contributed by atoms with E-state index in [1.807, 2.05) is 48.5 Å². The number of aliphatic hydroxyl groups excluding tert-OH is 2. The summed E-state index contributed by atoms with van der Waals surface area (Å²) < 4.78 is 21.8. The van der Waals surface area contributed by atoms with Crippen molar-refractivity contribution in [1.29, 1.82) is 0 Å². The molecule has 2 aromatic rings. The van der Waals surface area contributed by atoms with Crippen molar-refractivity contribution in [3.05, 3.63) is 59.7 Å². The number of carbonyl (C=O) groups is 2. The monoisotopic (exact) mass is 603 g/mol. The van der Waals surface area contributed by atoms with Crippen LogP contribution >= 0.6 is 0 Å². The lowest BCUT2D eigenvalue weighted by Gasteiger charge is -2.26. The van der Waals surface area contributed by atoms with E-state index in [-0.39, 0.29) is 56.8 Å². The topological polar surface area (TPSA) is 124 Å². The molecule has 0 saturated heterocycles. The number of carbonyl (C=O) groups excluding carboxylic acids is 2. The summed E-state index contributed by atoms with van der Waals surface area (Å²) in [4.78, 5) is 23.5. The van der Waals surface area contributed by atoms with E-state index in [2.05, 4.69) is 46.9 Å². The highest BCUT2D eigenvalue weighted by Gasteiger charge is 2.23. The average molecular weight is 604 g/mol. The van der Waals surface area contributed by atoms with E-state index in [0.29, 0.717) is 31.2 Å². The van der Waals surface area contributed by atoms with E-state index in [9.17, 15) is 9.59 Å². The first-order chi connectivity index (χ1) is 20.6. The van der Waals surface area contributed by atoms with Crippen molar-refractivity contribution in [3.8, 4) is 11.5 Å². The Bertz CT molecular complexity index is 1020. The Labute approximate surface area is 257 Å². The molecular weight excluding hydrogens is 550 g/mol. The predicted octanol–water partition coefficient (Wildman–Crippen LogP) is 5.04. The van der Waals surface area contributed by atoms with Gasteiger partial charge in [-0.1, -0.05) is 72.2 Å². The summed E-state index contributed by atoms with van der Waals surface area (Å²) >= 11 is 0. The van der Waals surface area contributed by atoms with Gasteiger partial charge in [-0.15, -0.1) is 0 Å². The number of ether oxygens (including phenoxy) is 4. The number of hydrogen-bond acceptors (Lipinski definition) is 9. The lowest BCUT2D eigenvalue weighted by atomic mass is 9.78. The first-order valence-corrected chi connectivity index (χ1v) is 15.3. The third-order valence-electron chi connectivity index (χ3n) is 6.51. The van der Waals surface area contributed by atoms with E-state index in [4.69, 9.17) is 29.2 Å². The van der Waals surface area contributed by atoms with Gasteiger partial charge in [0.1, 0.15) is 37.9 Å². The Balaban J connectivity index is 0.00000295. The molecule has 0 amide bonds. The molecule has 0 aliphatic rings. The van der Waals surface area contributed by atoms with Gasteiger partial charge in [-0.3, -0.25) is 9.59 Å². The number of rotatable bonds is 19. The summed E-state index contributed by atoms with van der Waals surface area (Å²) in [5.41, 5.74) is 1.99. The molecule has 2 aromatic carbocycles. The first-order valence-electron chi connectivity index (χ1n) is 15.3. The Morgan fingerprint density at radius 1 is 0.744 bits per heavy atom. The number of hydrogen-bond donors (Lipinski definition) is 3. The molecular formula is C34H53NO8. The van der Waals surface area contributed by atoms with Crippen molar-refractivity contribution in [2.45, 2.75) is 78.7 Å². The van der Waals surface area contributed by atoms with Gasteiger partial charge >= 0.3 is 11.9 Å². The van der Waals surface area contributed by atoms with Crippen LogP contribution in [-0.4, -0.2) is 74.4 Å². The number of esters is 2. The summed E-state index contributed by atoms with van der Waals surface area (Å²) in [7, 11) is 0. The number of nitrogens with one attached hydrogen (secondary N) is 1. The summed E-state index contributed by atoms with van der Waals surface area (Å²) in [6.07, 6.45) is 2.65. The quantitative estimate of drug-likeness (QED) is 0.150. The smallest absolute Gasteiger partial charge is 0.307 e. The second-order valence-electron chi connectivity index (χ2n) is 11.2. The maximum atomic E-state index is 11.8. The molecule has 43 heavy (non-hydrogen) atoms. The van der Waals surface area contributed by atoms with Gasteiger partial charge in [0.05, 0.1) is 25.7 Å². The van der Waals surface area contributed by atoms with Gasteiger partial charge in [0.25, 0.3) is 0 Å². The fourth-order valence-corrected chi connectivity index (χ4v) is 3.85. The molecule has 0 bridgehead atoms. The van der Waals surface area contributed by atoms with Gasteiger partial charge < -0.3 is 34.5 Å². The molecule has 242 valence electrons. The van der Waals surface area contributed by atoms with Crippen LogP contribution in [0.15, 0.2) is 48.5 Å². The van der Waals surface area contributed by atoms with Gasteiger partial charge in [0.2, 0.25) is 0 Å². The minimum atomic E-state index is -0.439. The number of benzene rings is 2. The van der Waals surface area contributed by atoms with E-state index < -0.39 is 6.04 Å². The molecule has 0 radical (unpaired) electrons. The van der Waals surface area contributed by atoms with Crippen molar-refractivity contribution in [2.24, 2.45) is 5.92 Å². The molecule has 3 N–H and O–H groups in total. The Hall–Kier alpha value is -3.14. The predicted molar refractivity (Wildman–Crippen MR) is 169 cm³/mol. The van der Waals surface area contributed by atoms with Crippen molar-refractivity contribution in [2.75, 3.05) is 46.2 Å². The van der Waals surface area contributed by atoms with Gasteiger partial charge in [-0.25, -0.2) is 0 Å². The first kappa shape index (κ1) is 37.9. The van der Waals surface area contributed by atoms with Crippen LogP contribution in [0.1, 0.15) is 78.4 Å². The van der Waals surface area contributed by atoms with E-state index in [1.54, 1.807) is 0 Å². The van der Waals surface area contributed by atoms with Crippen LogP contribution in [0, 0.1) is 5.92 Å². The zero-order valence-corrected chi connectivity index (χ0v) is 26.9. The lowest BCUT2D eigenvalue weighted by Crippen LogP contribution is -2.37. The van der Waals surface area contributed by atoms with E-state index in [1.165, 1.54) is 6.42 Å². The van der Waals surface area contributed by atoms with Crippen LogP contribution in [0.5, 0.6) is 11.5 Å². The maximum absolute atomic E-state index is 11.8. The fraction of sp³-hybridized carbons (Fsp3) is 0.588. The van der Waals surface area contributed by atoms with Crippen LogP contribution in [0.25, 0.3) is 0 Å². The normalized spacial score (nSPS) is 11.1. The molecule has 2 rings (SSSR count). The largest absolute Gasteiger partial charge is 0.490 e. The minimum absolute atomic E-state index is 0.129. The average Bonchev–Trinajstić information content (AvgIpc) is 2.99. The van der Waals surface area contributed by atoms with Crippen LogP contribution in [-0.2, 0) is 24.5 Å². The third-order valence-corrected chi connectivity index (χ3v) is 6.51. The van der Waals surface area contributed by atoms with Crippen molar-refractivity contribution in [3.63, 3.8) is 0 Å². The van der Waals surface area contributed by atoms with E-state index in [0.717, 1.165) is 23.3 Å². The Morgan fingerprint density at radius 2 is 1.16 bits per heavy atom. The molecule has 0 saturated carbocycles. The van der Waals surface area contributed by atoms with Gasteiger partial charge in [0.15, 0.2) is 0 Å². The second kappa shape index (κ2) is 21.5. The Morgan fingerprint density at radius 3 is 1.56 bits per heavy atom. The van der Waals surface area contributed by atoms with Gasteiger partial charge in [-0.2, -0.15) is 0 Å². The van der Waals surface area contributed by atoms with Crippen LogP contribution in [0.4, 0.5) is 0 Å². The molecule has 0 aliphatic heterocycles. The van der Waals surface area contributed by atoms with Gasteiger partial charge in [-0.05, 0) is 47.7 Å². The lowest BCUT2D eigenvalue weighted by molar-refractivity contribution is -0.145. The standard InChI is InChI=1S/C31H45NO8.C3H8/c1-23(2)5-14-29(35)39-19-17-37-27-10-6-24(7-11-27)31(3,4)25-8-12-28(13-9-25)38-18-20-40-30(36)15-16-32-26(21-33)22-34;1-3-2/h6-13,23,26,32-34H,5,14-22H2,1-4H3;3H2,1-2H3. The molecule has 0 atom stereocenters. The highest BCUT2D eigenvalue weighted by molar-refractivity contribution is 5.69. The summed E-state index contributed by atoms with van der Waals surface area (Å²) in [5.74, 6) is 1.31. The fourth-order valence-electron chi connectivity index (χ4n) is 3.85. The van der Waals surface area contributed by atoms with Gasteiger partial charge in [0, 0.05) is 18.4 Å². The highest BCUT2D eigenvalue weighted by Crippen LogP contribution is 2.33. The molecule has 0 spiro atoms. The molecule has 0 aromatic heterocycles.